The second kappa shape index (κ2) is 11.0. The van der Waals surface area contributed by atoms with Crippen molar-refractivity contribution in [1.29, 1.82) is 0 Å². The molecule has 0 radical (unpaired) electrons. The van der Waals surface area contributed by atoms with Crippen LogP contribution in [0.3, 0.4) is 0 Å². The zero-order valence-electron chi connectivity index (χ0n) is 19.7. The Morgan fingerprint density at radius 3 is 2.37 bits per heavy atom. The topological polar surface area (TPSA) is 103 Å². The van der Waals surface area contributed by atoms with E-state index in [-0.39, 0.29) is 23.5 Å². The van der Waals surface area contributed by atoms with Crippen molar-refractivity contribution in [2.24, 2.45) is 0 Å². The van der Waals surface area contributed by atoms with Crippen molar-refractivity contribution in [1.82, 2.24) is 20.1 Å². The van der Waals surface area contributed by atoms with Gasteiger partial charge in [0.25, 0.3) is 11.6 Å². The highest BCUT2D eigenvalue weighted by molar-refractivity contribution is 7.98. The number of thioether (sulfide) groups is 1. The lowest BCUT2D eigenvalue weighted by atomic mass is 10.1. The summed E-state index contributed by atoms with van der Waals surface area (Å²) in [6, 6.07) is 14.3. The number of benzene rings is 3. The fraction of sp³-hybridized carbons (Fsp3) is 0.160. The van der Waals surface area contributed by atoms with Crippen LogP contribution >= 0.6 is 11.8 Å². The lowest BCUT2D eigenvalue weighted by Gasteiger charge is -2.12. The van der Waals surface area contributed by atoms with Gasteiger partial charge in [-0.3, -0.25) is 19.5 Å². The van der Waals surface area contributed by atoms with E-state index in [1.54, 1.807) is 11.5 Å². The molecule has 0 fully saturated rings. The van der Waals surface area contributed by atoms with E-state index < -0.39 is 28.4 Å². The van der Waals surface area contributed by atoms with Gasteiger partial charge in [0.1, 0.15) is 5.82 Å². The number of rotatable bonds is 8. The van der Waals surface area contributed by atoms with Crippen LogP contribution in [-0.4, -0.2) is 25.6 Å². The average Bonchev–Trinajstić information content (AvgIpc) is 3.29. The Labute approximate surface area is 217 Å². The highest BCUT2D eigenvalue weighted by Gasteiger charge is 2.30. The van der Waals surface area contributed by atoms with Gasteiger partial charge in [-0.05, 0) is 55.0 Å². The Morgan fingerprint density at radius 2 is 1.74 bits per heavy atom. The number of carbonyl (C=O) groups is 1. The van der Waals surface area contributed by atoms with E-state index in [1.807, 2.05) is 0 Å². The average molecular weight is 546 g/mol. The van der Waals surface area contributed by atoms with Crippen molar-refractivity contribution in [3.8, 4) is 5.69 Å². The van der Waals surface area contributed by atoms with Gasteiger partial charge in [0.15, 0.2) is 11.0 Å². The highest BCUT2D eigenvalue weighted by atomic mass is 32.2. The van der Waals surface area contributed by atoms with Gasteiger partial charge in [-0.15, -0.1) is 10.2 Å². The minimum atomic E-state index is -4.43. The Balaban J connectivity index is 1.55. The van der Waals surface area contributed by atoms with Crippen LogP contribution in [0.15, 0.2) is 71.9 Å². The number of nitro benzene ring substituents is 1. The summed E-state index contributed by atoms with van der Waals surface area (Å²) in [5, 5.41) is 22.5. The molecule has 1 amide bonds. The van der Waals surface area contributed by atoms with Gasteiger partial charge in [-0.2, -0.15) is 13.2 Å². The first kappa shape index (κ1) is 26.8. The predicted octanol–water partition coefficient (Wildman–Crippen LogP) is 5.86. The summed E-state index contributed by atoms with van der Waals surface area (Å²) in [4.78, 5) is 23.3. The summed E-state index contributed by atoms with van der Waals surface area (Å²) in [6.07, 6.45) is -4.43. The number of amides is 1. The SMILES string of the molecule is Cc1ccc(C(=O)NCc2nnc(SCc3ccc(C(F)(F)F)cc3)n2-c2ccc(F)cc2)cc1[N+](=O)[O-]. The number of alkyl halides is 3. The number of nitrogens with one attached hydrogen (secondary N) is 1. The molecule has 0 saturated heterocycles. The molecule has 38 heavy (non-hydrogen) atoms. The van der Waals surface area contributed by atoms with E-state index in [4.69, 9.17) is 0 Å². The molecule has 196 valence electrons. The number of nitrogens with zero attached hydrogens (tertiary/aromatic N) is 4. The van der Waals surface area contributed by atoms with Gasteiger partial charge in [-0.1, -0.05) is 30.0 Å². The standard InChI is InChI=1S/C25H19F4N5O3S/c1-15-2-5-17(12-21(15)34(36)37)23(35)30-13-22-31-32-24(33(22)20-10-8-19(26)9-11-20)38-14-16-3-6-18(7-4-16)25(27,28)29/h2-12H,13-14H2,1H3,(H,30,35). The molecule has 1 N–H and O–H groups in total. The van der Waals surface area contributed by atoms with Crippen LogP contribution in [0.25, 0.3) is 5.69 Å². The number of hydrogen-bond donors (Lipinski definition) is 1. The fourth-order valence-electron chi connectivity index (χ4n) is 3.50. The molecule has 3 aromatic carbocycles. The van der Waals surface area contributed by atoms with E-state index in [9.17, 15) is 32.5 Å². The monoisotopic (exact) mass is 545 g/mol. The lowest BCUT2D eigenvalue weighted by Crippen LogP contribution is -2.24. The first-order valence-electron chi connectivity index (χ1n) is 11.1. The van der Waals surface area contributed by atoms with Crippen LogP contribution in [0, 0.1) is 22.9 Å². The molecule has 0 atom stereocenters. The minimum absolute atomic E-state index is 0.0899. The highest BCUT2D eigenvalue weighted by Crippen LogP contribution is 2.31. The number of aromatic nitrogens is 3. The number of aryl methyl sites for hydroxylation is 1. The van der Waals surface area contributed by atoms with E-state index in [1.165, 1.54) is 66.4 Å². The second-order valence-corrected chi connectivity index (χ2v) is 9.08. The third kappa shape index (κ3) is 6.17. The summed E-state index contributed by atoms with van der Waals surface area (Å²) in [7, 11) is 0. The van der Waals surface area contributed by atoms with Crippen LogP contribution in [-0.2, 0) is 18.5 Å². The van der Waals surface area contributed by atoms with Gasteiger partial charge >= 0.3 is 6.18 Å². The van der Waals surface area contributed by atoms with Crippen molar-refractivity contribution in [3.63, 3.8) is 0 Å². The van der Waals surface area contributed by atoms with Crippen molar-refractivity contribution in [2.45, 2.75) is 30.6 Å². The second-order valence-electron chi connectivity index (χ2n) is 8.14. The maximum absolute atomic E-state index is 13.5. The maximum Gasteiger partial charge on any atom is 0.416 e. The quantitative estimate of drug-likeness (QED) is 0.129. The number of nitro groups is 1. The van der Waals surface area contributed by atoms with Crippen LogP contribution < -0.4 is 5.32 Å². The molecule has 0 unspecified atom stereocenters. The van der Waals surface area contributed by atoms with Gasteiger partial charge in [-0.25, -0.2) is 4.39 Å². The molecule has 4 rings (SSSR count). The molecule has 0 aliphatic heterocycles. The molecule has 0 aliphatic carbocycles. The molecular weight excluding hydrogens is 526 g/mol. The Hall–Kier alpha value is -4.26. The van der Waals surface area contributed by atoms with Crippen molar-refractivity contribution < 1.29 is 27.3 Å². The summed E-state index contributed by atoms with van der Waals surface area (Å²) < 4.78 is 53.7. The Kier molecular flexibility index (Phi) is 7.76. The van der Waals surface area contributed by atoms with E-state index in [0.717, 1.165) is 12.1 Å². The van der Waals surface area contributed by atoms with Crippen LogP contribution in [0.1, 0.15) is 32.9 Å². The zero-order valence-corrected chi connectivity index (χ0v) is 20.5. The molecule has 13 heteroatoms. The number of hydrogen-bond acceptors (Lipinski definition) is 6. The van der Waals surface area contributed by atoms with Crippen molar-refractivity contribution in [2.75, 3.05) is 0 Å². The third-order valence-electron chi connectivity index (χ3n) is 5.51. The predicted molar refractivity (Wildman–Crippen MR) is 131 cm³/mol. The fourth-order valence-corrected chi connectivity index (χ4v) is 4.43. The summed E-state index contributed by atoms with van der Waals surface area (Å²) in [5.74, 6) is -0.463. The van der Waals surface area contributed by atoms with E-state index in [2.05, 4.69) is 15.5 Å². The van der Waals surface area contributed by atoms with E-state index in [0.29, 0.717) is 27.8 Å². The van der Waals surface area contributed by atoms with Crippen molar-refractivity contribution in [3.05, 3.63) is 111 Å². The number of halogens is 4. The maximum atomic E-state index is 13.5. The Bertz CT molecular complexity index is 1470. The molecule has 4 aromatic rings. The zero-order chi connectivity index (χ0) is 27.4. The van der Waals surface area contributed by atoms with Gasteiger partial charge < -0.3 is 5.32 Å². The molecule has 1 heterocycles. The molecule has 0 saturated carbocycles. The van der Waals surface area contributed by atoms with Crippen LogP contribution in [0.4, 0.5) is 23.2 Å². The number of carbonyl (C=O) groups excluding carboxylic acids is 1. The third-order valence-corrected chi connectivity index (χ3v) is 6.51. The van der Waals surface area contributed by atoms with Crippen LogP contribution in [0.2, 0.25) is 0 Å². The van der Waals surface area contributed by atoms with Crippen LogP contribution in [0.5, 0.6) is 0 Å². The van der Waals surface area contributed by atoms with E-state index >= 15 is 0 Å². The first-order chi connectivity index (χ1) is 18.0. The first-order valence-corrected chi connectivity index (χ1v) is 12.0. The summed E-state index contributed by atoms with van der Waals surface area (Å²) in [6.45, 7) is 1.46. The molecule has 0 aliphatic rings. The largest absolute Gasteiger partial charge is 0.416 e. The smallest absolute Gasteiger partial charge is 0.345 e. The van der Waals surface area contributed by atoms with Gasteiger partial charge in [0.05, 0.1) is 17.0 Å². The molecular formula is C25H19F4N5O3S. The normalized spacial score (nSPS) is 11.4. The van der Waals surface area contributed by atoms with Gasteiger partial charge in [0, 0.05) is 28.6 Å². The molecule has 0 bridgehead atoms. The van der Waals surface area contributed by atoms with Gasteiger partial charge in [0.2, 0.25) is 0 Å². The summed E-state index contributed by atoms with van der Waals surface area (Å²) in [5.41, 5.74) is 0.685. The minimum Gasteiger partial charge on any atom is -0.345 e. The molecule has 8 nitrogen and oxygen atoms in total. The molecule has 1 aromatic heterocycles. The summed E-state index contributed by atoms with van der Waals surface area (Å²) >= 11 is 1.20. The Morgan fingerprint density at radius 1 is 1.05 bits per heavy atom. The molecule has 0 spiro atoms. The lowest BCUT2D eigenvalue weighted by molar-refractivity contribution is -0.385. The van der Waals surface area contributed by atoms with Crippen molar-refractivity contribution >= 4 is 23.4 Å².